The number of carbonyl (C=O) groups is 2. The Morgan fingerprint density at radius 3 is 1.34 bits per heavy atom. The van der Waals surface area contributed by atoms with Gasteiger partial charge in [-0.2, -0.15) is 0 Å². The van der Waals surface area contributed by atoms with Gasteiger partial charge in [0.15, 0.2) is 0 Å². The van der Waals surface area contributed by atoms with E-state index in [0.717, 1.165) is 56.7 Å². The van der Waals surface area contributed by atoms with Crippen molar-refractivity contribution < 1.29 is 37.3 Å². The normalized spacial score (nSPS) is 11.6. The summed E-state index contributed by atoms with van der Waals surface area (Å²) in [5.41, 5.74) is 8.48. The Morgan fingerprint density at radius 2 is 0.955 bits per heavy atom. The number of ether oxygens (including phenoxy) is 4. The number of hydrogen-bond acceptors (Lipinski definition) is 6. The van der Waals surface area contributed by atoms with Crippen molar-refractivity contribution in [3.8, 4) is 57.1 Å². The average molecular weight is 907 g/mol. The fourth-order valence-corrected chi connectivity index (χ4v) is 7.71. The first kappa shape index (κ1) is 51.3. The monoisotopic (exact) mass is 906 g/mol. The molecule has 6 nitrogen and oxygen atoms in total. The number of methoxy groups -OCH3 is 2. The molecule has 1 atom stereocenters. The Morgan fingerprint density at radius 1 is 0.537 bits per heavy atom. The lowest BCUT2D eigenvalue weighted by Gasteiger charge is -2.24. The first-order valence-corrected chi connectivity index (χ1v) is 22.6. The lowest BCUT2D eigenvalue weighted by molar-refractivity contribution is -0.117. The first-order chi connectivity index (χ1) is 31.8. The number of carbonyl (C=O) groups excluding carboxylic acids is 2. The largest absolute Gasteiger partial charge is 0.497 e. The molecule has 0 N–H and O–H groups in total. The molecule has 0 fully saturated rings. The SMILES string of the molecule is CC#C[C@@H](CC(C)=O)c1ccc(OCc2ccc(C(C)(C)C)c(-c3cc(OC)ccc3F)c2)cc1.COc1ccc(F)c(-c2cc(COc3ccc(CCC(C)=O)cc3)ccc2C(C)(C)C)c1. The van der Waals surface area contributed by atoms with Gasteiger partial charge in [0.2, 0.25) is 0 Å². The second-order valence-corrected chi connectivity index (χ2v) is 18.8. The molecule has 0 radical (unpaired) electrons. The summed E-state index contributed by atoms with van der Waals surface area (Å²) in [5, 5.41) is 0. The highest BCUT2D eigenvalue weighted by atomic mass is 19.1. The molecule has 0 aliphatic rings. The molecular weight excluding hydrogens is 843 g/mol. The smallest absolute Gasteiger partial charge is 0.131 e. The van der Waals surface area contributed by atoms with Gasteiger partial charge >= 0.3 is 0 Å². The number of Topliss-reactive ketones (excluding diaryl/α,β-unsaturated/α-hetero) is 2. The van der Waals surface area contributed by atoms with Crippen LogP contribution >= 0.6 is 0 Å². The summed E-state index contributed by atoms with van der Waals surface area (Å²) in [7, 11) is 3.16. The van der Waals surface area contributed by atoms with Crippen molar-refractivity contribution in [1.82, 2.24) is 0 Å². The molecule has 350 valence electrons. The summed E-state index contributed by atoms with van der Waals surface area (Å²) in [6, 6.07) is 37.3. The van der Waals surface area contributed by atoms with Crippen LogP contribution in [0.4, 0.5) is 8.78 Å². The van der Waals surface area contributed by atoms with Crippen molar-refractivity contribution in [1.29, 1.82) is 0 Å². The molecular formula is C59H64F2O6. The molecule has 0 aromatic heterocycles. The van der Waals surface area contributed by atoms with E-state index in [9.17, 15) is 18.4 Å². The molecule has 0 saturated heterocycles. The molecule has 0 heterocycles. The fraction of sp³-hybridized carbons (Fsp3) is 0.322. The van der Waals surface area contributed by atoms with Gasteiger partial charge in [0.05, 0.1) is 20.1 Å². The van der Waals surface area contributed by atoms with Crippen LogP contribution in [0.5, 0.6) is 23.0 Å². The first-order valence-electron chi connectivity index (χ1n) is 22.6. The maximum Gasteiger partial charge on any atom is 0.131 e. The molecule has 0 bridgehead atoms. The Balaban J connectivity index is 0.000000252. The number of aryl methyl sites for hydroxylation is 1. The number of rotatable bonds is 16. The summed E-state index contributed by atoms with van der Waals surface area (Å²) in [6.07, 6.45) is 1.67. The summed E-state index contributed by atoms with van der Waals surface area (Å²) in [6.45, 7) is 18.4. The zero-order chi connectivity index (χ0) is 48.9. The van der Waals surface area contributed by atoms with Crippen molar-refractivity contribution in [3.63, 3.8) is 0 Å². The summed E-state index contributed by atoms with van der Waals surface area (Å²) in [5.74, 6) is 8.33. The minimum Gasteiger partial charge on any atom is -0.497 e. The van der Waals surface area contributed by atoms with Crippen LogP contribution in [0.15, 0.2) is 121 Å². The Kier molecular flexibility index (Phi) is 17.7. The molecule has 0 aliphatic carbocycles. The van der Waals surface area contributed by atoms with Crippen LogP contribution in [0.25, 0.3) is 22.3 Å². The van der Waals surface area contributed by atoms with E-state index in [0.29, 0.717) is 54.4 Å². The van der Waals surface area contributed by atoms with E-state index in [1.54, 1.807) is 59.3 Å². The van der Waals surface area contributed by atoms with Gasteiger partial charge in [-0.3, -0.25) is 4.79 Å². The molecule has 8 heteroatoms. The Labute approximate surface area is 396 Å². The molecule has 6 aromatic rings. The van der Waals surface area contributed by atoms with Crippen molar-refractivity contribution in [2.45, 2.75) is 112 Å². The standard InChI is InChI=1S/C31H33FO3.C28H31FO3/c1-7-8-24(17-21(2)33)23-10-12-25(13-11-23)35-20-22-9-15-29(31(3,4)5)27(18-22)28-19-26(34-6)14-16-30(28)32;1-19(30)6-7-20-8-11-22(12-9-20)32-18-21-10-14-26(28(2,3)4)24(16-21)25-17-23(31-5)13-15-27(25)29/h9-16,18-19,24H,17,20H2,1-6H3;8-17H,6-7,18H2,1-5H3/t24-;/m0./s1. The number of benzene rings is 6. The maximum absolute atomic E-state index is 14.9. The molecule has 0 unspecified atom stereocenters. The van der Waals surface area contributed by atoms with E-state index in [4.69, 9.17) is 18.9 Å². The van der Waals surface area contributed by atoms with E-state index in [1.807, 2.05) is 78.9 Å². The van der Waals surface area contributed by atoms with E-state index in [-0.39, 0.29) is 39.9 Å². The third-order valence-corrected chi connectivity index (χ3v) is 11.3. The average Bonchev–Trinajstić information content (AvgIpc) is 3.29. The summed E-state index contributed by atoms with van der Waals surface area (Å²) < 4.78 is 52.3. The highest BCUT2D eigenvalue weighted by Gasteiger charge is 2.23. The van der Waals surface area contributed by atoms with E-state index < -0.39 is 0 Å². The summed E-state index contributed by atoms with van der Waals surface area (Å²) in [4.78, 5) is 22.7. The third-order valence-electron chi connectivity index (χ3n) is 11.3. The van der Waals surface area contributed by atoms with Gasteiger partial charge in [0, 0.05) is 24.0 Å². The fourth-order valence-electron chi connectivity index (χ4n) is 7.71. The molecule has 0 saturated carbocycles. The van der Waals surface area contributed by atoms with Crippen molar-refractivity contribution >= 4 is 11.6 Å². The van der Waals surface area contributed by atoms with Gasteiger partial charge in [-0.25, -0.2) is 8.78 Å². The van der Waals surface area contributed by atoms with Crippen LogP contribution < -0.4 is 18.9 Å². The van der Waals surface area contributed by atoms with Crippen LogP contribution in [0, 0.1) is 23.5 Å². The molecule has 0 aliphatic heterocycles. The maximum atomic E-state index is 14.9. The lowest BCUT2D eigenvalue weighted by atomic mass is 9.81. The van der Waals surface area contributed by atoms with E-state index in [1.165, 1.54) is 12.1 Å². The van der Waals surface area contributed by atoms with E-state index >= 15 is 0 Å². The summed E-state index contributed by atoms with van der Waals surface area (Å²) >= 11 is 0. The molecule has 67 heavy (non-hydrogen) atoms. The molecule has 6 aromatic carbocycles. The van der Waals surface area contributed by atoms with Gasteiger partial charge in [-0.15, -0.1) is 5.92 Å². The van der Waals surface area contributed by atoms with Crippen LogP contribution in [-0.2, 0) is 40.1 Å². The minimum atomic E-state index is -0.291. The Hall–Kier alpha value is -6.72. The third kappa shape index (κ3) is 14.6. The zero-order valence-electron chi connectivity index (χ0n) is 40.9. The van der Waals surface area contributed by atoms with Crippen molar-refractivity contribution in [2.75, 3.05) is 14.2 Å². The number of hydrogen-bond donors (Lipinski definition) is 0. The van der Waals surface area contributed by atoms with E-state index in [2.05, 4.69) is 59.4 Å². The van der Waals surface area contributed by atoms with Crippen LogP contribution in [0.3, 0.4) is 0 Å². The quantitative estimate of drug-likeness (QED) is 0.0901. The lowest BCUT2D eigenvalue weighted by Crippen LogP contribution is -2.13. The number of halogens is 2. The molecule has 6 rings (SSSR count). The molecule has 0 amide bonds. The van der Waals surface area contributed by atoms with Crippen molar-refractivity contribution in [2.24, 2.45) is 0 Å². The van der Waals surface area contributed by atoms with Crippen molar-refractivity contribution in [3.05, 3.63) is 166 Å². The minimum absolute atomic E-state index is 0.111. The van der Waals surface area contributed by atoms with Crippen LogP contribution in [0.2, 0.25) is 0 Å². The van der Waals surface area contributed by atoms with Gasteiger partial charge in [-0.1, -0.05) is 96.0 Å². The predicted molar refractivity (Wildman–Crippen MR) is 266 cm³/mol. The van der Waals surface area contributed by atoms with Crippen LogP contribution in [-0.4, -0.2) is 25.8 Å². The highest BCUT2D eigenvalue weighted by molar-refractivity contribution is 5.77. The highest BCUT2D eigenvalue weighted by Crippen LogP contribution is 2.39. The Bertz CT molecular complexity index is 2690. The van der Waals surface area contributed by atoms with Gasteiger partial charge in [0.1, 0.15) is 59.4 Å². The molecule has 0 spiro atoms. The van der Waals surface area contributed by atoms with Gasteiger partial charge < -0.3 is 23.7 Å². The second kappa shape index (κ2) is 23.1. The van der Waals surface area contributed by atoms with Crippen LogP contribution in [0.1, 0.15) is 114 Å². The van der Waals surface area contributed by atoms with Gasteiger partial charge in [-0.05, 0) is 155 Å². The predicted octanol–water partition coefficient (Wildman–Crippen LogP) is 14.4. The topological polar surface area (TPSA) is 71.1 Å². The van der Waals surface area contributed by atoms with Gasteiger partial charge in [0.25, 0.3) is 0 Å². The second-order valence-electron chi connectivity index (χ2n) is 18.8. The number of ketones is 2. The zero-order valence-corrected chi connectivity index (χ0v) is 40.9.